The number of benzene rings is 3. The Morgan fingerprint density at radius 2 is 1.67 bits per heavy atom. The van der Waals surface area contributed by atoms with Gasteiger partial charge >= 0.3 is 6.09 Å². The van der Waals surface area contributed by atoms with E-state index in [9.17, 15) is 9.59 Å². The first-order valence-corrected chi connectivity index (χ1v) is 19.2. The highest BCUT2D eigenvalue weighted by Crippen LogP contribution is 2.38. The number of likely N-dealkylation sites (tertiary alicyclic amines) is 1. The molecule has 9 heteroatoms. The molecule has 0 radical (unpaired) electrons. The lowest BCUT2D eigenvalue weighted by atomic mass is 9.98. The Morgan fingerprint density at radius 1 is 0.957 bits per heavy atom. The van der Waals surface area contributed by atoms with Gasteiger partial charge in [-0.3, -0.25) is 10.1 Å². The first-order valence-electron chi connectivity index (χ1n) is 16.3. The molecular formula is C37H51N3O5Si. The summed E-state index contributed by atoms with van der Waals surface area (Å²) in [7, 11) is 1.82. The lowest BCUT2D eigenvalue weighted by Crippen LogP contribution is -2.40. The normalized spacial score (nSPS) is 14.5. The first kappa shape index (κ1) is 35.2. The third kappa shape index (κ3) is 9.92. The summed E-state index contributed by atoms with van der Waals surface area (Å²) in [5.74, 6) is 0.652. The summed E-state index contributed by atoms with van der Waals surface area (Å²) >= 11 is 0. The predicted molar refractivity (Wildman–Crippen MR) is 189 cm³/mol. The molecule has 0 atom stereocenters. The number of hydrogen-bond donors (Lipinski definition) is 2. The van der Waals surface area contributed by atoms with E-state index in [-0.39, 0.29) is 17.0 Å². The molecule has 1 fully saturated rings. The van der Waals surface area contributed by atoms with Crippen molar-refractivity contribution in [3.63, 3.8) is 0 Å². The summed E-state index contributed by atoms with van der Waals surface area (Å²) in [6, 6.07) is 21.7. The molecule has 0 aliphatic carbocycles. The van der Waals surface area contributed by atoms with Crippen molar-refractivity contribution in [3.05, 3.63) is 77.9 Å². The molecule has 0 bridgehead atoms. The van der Waals surface area contributed by atoms with Crippen molar-refractivity contribution in [2.24, 2.45) is 0 Å². The van der Waals surface area contributed by atoms with E-state index in [1.807, 2.05) is 60.7 Å². The maximum Gasteiger partial charge on any atom is 0.411 e. The van der Waals surface area contributed by atoms with Crippen molar-refractivity contribution in [2.45, 2.75) is 83.7 Å². The summed E-state index contributed by atoms with van der Waals surface area (Å²) < 4.78 is 17.7. The van der Waals surface area contributed by atoms with Gasteiger partial charge in [-0.15, -0.1) is 0 Å². The van der Waals surface area contributed by atoms with Crippen LogP contribution in [-0.4, -0.2) is 58.6 Å². The second-order valence-electron chi connectivity index (χ2n) is 13.8. The van der Waals surface area contributed by atoms with Gasteiger partial charge in [0.05, 0.1) is 19.4 Å². The fourth-order valence-corrected chi connectivity index (χ4v) is 6.15. The smallest absolute Gasteiger partial charge is 0.411 e. The molecule has 1 aliphatic heterocycles. The molecule has 0 saturated carbocycles. The van der Waals surface area contributed by atoms with Crippen LogP contribution in [0.25, 0.3) is 11.1 Å². The second-order valence-corrected chi connectivity index (χ2v) is 18.6. The van der Waals surface area contributed by atoms with E-state index in [2.05, 4.69) is 62.5 Å². The number of aryl methyl sites for hydroxylation is 1. The summed E-state index contributed by atoms with van der Waals surface area (Å²) in [6.45, 7) is 13.5. The number of rotatable bonds is 12. The minimum absolute atomic E-state index is 0.0504. The van der Waals surface area contributed by atoms with Gasteiger partial charge in [-0.05, 0) is 80.2 Å². The molecule has 1 aliphatic rings. The summed E-state index contributed by atoms with van der Waals surface area (Å²) in [4.78, 5) is 27.9. The van der Waals surface area contributed by atoms with Crippen molar-refractivity contribution in [1.29, 1.82) is 0 Å². The Hall–Kier alpha value is -3.66. The molecule has 0 unspecified atom stereocenters. The maximum absolute atomic E-state index is 12.9. The van der Waals surface area contributed by atoms with Gasteiger partial charge in [0.1, 0.15) is 11.9 Å². The fourth-order valence-electron chi connectivity index (χ4n) is 5.20. The van der Waals surface area contributed by atoms with Crippen LogP contribution in [0.15, 0.2) is 66.7 Å². The van der Waals surface area contributed by atoms with Gasteiger partial charge in [-0.1, -0.05) is 63.2 Å². The quantitative estimate of drug-likeness (QED) is 0.192. The lowest BCUT2D eigenvalue weighted by molar-refractivity contribution is -0.116. The van der Waals surface area contributed by atoms with Gasteiger partial charge < -0.3 is 24.1 Å². The van der Waals surface area contributed by atoms with Gasteiger partial charge in [0.25, 0.3) is 0 Å². The van der Waals surface area contributed by atoms with E-state index in [0.717, 1.165) is 54.6 Å². The number of nitrogens with one attached hydrogen (secondary N) is 2. The monoisotopic (exact) mass is 645 g/mol. The molecule has 3 aromatic carbocycles. The zero-order valence-electron chi connectivity index (χ0n) is 28.6. The van der Waals surface area contributed by atoms with Gasteiger partial charge in [-0.25, -0.2) is 4.79 Å². The fraction of sp³-hybridized carbons (Fsp3) is 0.459. The molecule has 8 nitrogen and oxygen atoms in total. The van der Waals surface area contributed by atoms with Crippen LogP contribution in [0.1, 0.15) is 57.6 Å². The Bertz CT molecular complexity index is 1460. The number of carbonyl (C=O) groups is 2. The van der Waals surface area contributed by atoms with E-state index in [1.165, 1.54) is 0 Å². The van der Waals surface area contributed by atoms with Crippen LogP contribution >= 0.6 is 0 Å². The van der Waals surface area contributed by atoms with E-state index in [1.54, 1.807) is 7.11 Å². The summed E-state index contributed by atoms with van der Waals surface area (Å²) in [6.07, 6.45) is 2.97. The molecule has 248 valence electrons. The number of nitrogens with zero attached hydrogens (tertiary/aromatic N) is 1. The van der Waals surface area contributed by atoms with Crippen molar-refractivity contribution >= 4 is 31.7 Å². The van der Waals surface area contributed by atoms with Crippen molar-refractivity contribution in [1.82, 2.24) is 4.90 Å². The largest absolute Gasteiger partial charge is 0.496 e. The number of methoxy groups -OCH3 is 1. The summed E-state index contributed by atoms with van der Waals surface area (Å²) in [5.41, 5.74) is 5.39. The van der Waals surface area contributed by atoms with Crippen molar-refractivity contribution in [2.75, 3.05) is 37.9 Å². The van der Waals surface area contributed by atoms with Crippen LogP contribution in [-0.2, 0) is 27.0 Å². The summed E-state index contributed by atoms with van der Waals surface area (Å²) in [5, 5.41) is 6.11. The minimum Gasteiger partial charge on any atom is -0.496 e. The van der Waals surface area contributed by atoms with Gasteiger partial charge in [0, 0.05) is 42.4 Å². The second kappa shape index (κ2) is 15.8. The Labute approximate surface area is 276 Å². The zero-order valence-corrected chi connectivity index (χ0v) is 29.6. The average Bonchev–Trinajstić information content (AvgIpc) is 3.02. The number of carbonyl (C=O) groups excluding carboxylic acids is 2. The van der Waals surface area contributed by atoms with Crippen LogP contribution in [0.4, 0.5) is 16.2 Å². The molecule has 2 N–H and O–H groups in total. The molecule has 3 aromatic rings. The molecule has 2 amide bonds. The van der Waals surface area contributed by atoms with Gasteiger partial charge in [-0.2, -0.15) is 0 Å². The highest BCUT2D eigenvalue weighted by Gasteiger charge is 2.37. The number of amides is 2. The molecule has 4 rings (SSSR count). The van der Waals surface area contributed by atoms with Crippen LogP contribution in [0.3, 0.4) is 0 Å². The van der Waals surface area contributed by atoms with Crippen molar-refractivity contribution < 1.29 is 23.5 Å². The highest BCUT2D eigenvalue weighted by atomic mass is 28.4. The van der Waals surface area contributed by atoms with Crippen LogP contribution in [0, 0.1) is 0 Å². The topological polar surface area (TPSA) is 89.1 Å². The highest BCUT2D eigenvalue weighted by molar-refractivity contribution is 6.74. The zero-order chi connectivity index (χ0) is 33.3. The van der Waals surface area contributed by atoms with Gasteiger partial charge in [0.2, 0.25) is 5.91 Å². The number of ether oxygens (including phenoxy) is 2. The first-order chi connectivity index (χ1) is 21.8. The lowest BCUT2D eigenvalue weighted by Gasteiger charge is -2.36. The van der Waals surface area contributed by atoms with Gasteiger partial charge in [0.15, 0.2) is 8.32 Å². The minimum atomic E-state index is -1.90. The Morgan fingerprint density at radius 3 is 2.35 bits per heavy atom. The molecule has 1 saturated heterocycles. The van der Waals surface area contributed by atoms with Crippen molar-refractivity contribution in [3.8, 4) is 16.9 Å². The molecule has 1 heterocycles. The van der Waals surface area contributed by atoms with Crippen LogP contribution in [0.5, 0.6) is 5.75 Å². The molecule has 46 heavy (non-hydrogen) atoms. The van der Waals surface area contributed by atoms with E-state index >= 15 is 0 Å². The van der Waals surface area contributed by atoms with E-state index < -0.39 is 14.4 Å². The molecule has 0 spiro atoms. The Balaban J connectivity index is 1.34. The number of hydrogen-bond acceptors (Lipinski definition) is 6. The maximum atomic E-state index is 12.9. The Kier molecular flexibility index (Phi) is 12.1. The number of anilines is 2. The third-order valence-corrected chi connectivity index (χ3v) is 13.7. The third-order valence-electron chi connectivity index (χ3n) is 9.18. The molecule has 0 aromatic heterocycles. The molecular weight excluding hydrogens is 595 g/mol. The predicted octanol–water partition coefficient (Wildman–Crippen LogP) is 8.49. The van der Waals surface area contributed by atoms with E-state index in [4.69, 9.17) is 13.9 Å². The SMILES string of the molecule is COc1cc(NC(=O)CCCc2ccc(NC(=O)OC3CCN(C)CC3)c(-c3ccccc3)c2)ccc1CO[Si](C)(C)C(C)(C)C. The number of piperidine rings is 1. The van der Waals surface area contributed by atoms with Crippen LogP contribution < -0.4 is 15.4 Å². The van der Waals surface area contributed by atoms with E-state index in [0.29, 0.717) is 36.6 Å². The van der Waals surface area contributed by atoms with Crippen LogP contribution in [0.2, 0.25) is 18.1 Å². The standard InChI is InChI=1S/C37H51N3O5Si/c1-37(2,3)46(6,7)44-26-29-17-18-30(25-34(29)43-5)38-35(41)15-11-12-27-16-19-33(32(24-27)28-13-9-8-10-14-28)39-36(42)45-31-20-22-40(4)23-21-31/h8-10,13-14,16-19,24-25,31H,11-12,15,20-23,26H2,1-7H3,(H,38,41)(H,39,42). The average molecular weight is 646 g/mol.